The summed E-state index contributed by atoms with van der Waals surface area (Å²) in [5, 5.41) is 8.98. The van der Waals surface area contributed by atoms with E-state index in [1.807, 2.05) is 0 Å². The van der Waals surface area contributed by atoms with Crippen molar-refractivity contribution in [3.63, 3.8) is 0 Å². The van der Waals surface area contributed by atoms with Gasteiger partial charge in [0.25, 0.3) is 0 Å². The molecule has 0 saturated carbocycles. The van der Waals surface area contributed by atoms with Crippen LogP contribution in [0.5, 0.6) is 0 Å². The van der Waals surface area contributed by atoms with E-state index in [-0.39, 0.29) is 5.97 Å². The summed E-state index contributed by atoms with van der Waals surface area (Å²) in [5.74, 6) is 0.870. The molecule has 342 valence electrons. The predicted octanol–water partition coefficient (Wildman–Crippen LogP) is 18.4. The fourth-order valence-electron chi connectivity index (χ4n) is 8.63. The monoisotopic (exact) mass is 815 g/mol. The minimum atomic E-state index is -0.663. The highest BCUT2D eigenvalue weighted by atomic mass is 16.5. The Morgan fingerprint density at radius 1 is 0.397 bits per heavy atom. The van der Waals surface area contributed by atoms with Crippen molar-refractivity contribution in [1.82, 2.24) is 0 Å². The second kappa shape index (κ2) is 48.1. The number of unbranched alkanes of at least 4 members (excludes halogenated alkanes) is 30. The van der Waals surface area contributed by atoms with Crippen LogP contribution in [-0.2, 0) is 14.3 Å². The van der Waals surface area contributed by atoms with Gasteiger partial charge in [-0.05, 0) is 82.5 Å². The predicted molar refractivity (Wildman–Crippen MR) is 255 cm³/mol. The van der Waals surface area contributed by atoms with E-state index in [1.165, 1.54) is 218 Å². The van der Waals surface area contributed by atoms with Crippen molar-refractivity contribution in [1.29, 1.82) is 0 Å². The van der Waals surface area contributed by atoms with Gasteiger partial charge in [0.1, 0.15) is 0 Å². The molecule has 2 unspecified atom stereocenters. The van der Waals surface area contributed by atoms with Crippen LogP contribution in [0.4, 0.5) is 0 Å². The maximum absolute atomic E-state index is 12.3. The summed E-state index contributed by atoms with van der Waals surface area (Å²) in [6.07, 6.45) is 61.9. The van der Waals surface area contributed by atoms with Crippen LogP contribution < -0.4 is 0 Å². The summed E-state index contributed by atoms with van der Waals surface area (Å²) < 4.78 is 5.56. The molecule has 0 rings (SSSR count). The van der Waals surface area contributed by atoms with Gasteiger partial charge in [0.2, 0.25) is 0 Å². The molecule has 0 saturated heterocycles. The number of ether oxygens (including phenoxy) is 1. The van der Waals surface area contributed by atoms with Crippen LogP contribution in [-0.4, -0.2) is 23.7 Å². The highest BCUT2D eigenvalue weighted by Crippen LogP contribution is 2.32. The Morgan fingerprint density at radius 2 is 0.776 bits per heavy atom. The topological polar surface area (TPSA) is 63.6 Å². The van der Waals surface area contributed by atoms with E-state index < -0.39 is 5.97 Å². The van der Waals surface area contributed by atoms with Gasteiger partial charge in [0.15, 0.2) is 0 Å². The van der Waals surface area contributed by atoms with E-state index in [0.717, 1.165) is 50.4 Å². The zero-order chi connectivity index (χ0) is 42.3. The normalized spacial score (nSPS) is 12.9. The zero-order valence-corrected chi connectivity index (χ0v) is 39.5. The Labute approximate surface area is 363 Å². The third kappa shape index (κ3) is 44.0. The van der Waals surface area contributed by atoms with Crippen molar-refractivity contribution in [2.24, 2.45) is 11.8 Å². The van der Waals surface area contributed by atoms with Crippen molar-refractivity contribution in [3.05, 3.63) is 24.3 Å². The summed E-state index contributed by atoms with van der Waals surface area (Å²) >= 11 is 0. The third-order valence-corrected chi connectivity index (χ3v) is 12.5. The van der Waals surface area contributed by atoms with Gasteiger partial charge in [-0.2, -0.15) is 0 Å². The summed E-state index contributed by atoms with van der Waals surface area (Å²) in [5.41, 5.74) is 0. The first-order valence-corrected chi connectivity index (χ1v) is 26.2. The van der Waals surface area contributed by atoms with E-state index in [9.17, 15) is 9.59 Å². The minimum Gasteiger partial charge on any atom is -0.481 e. The fourth-order valence-corrected chi connectivity index (χ4v) is 8.63. The van der Waals surface area contributed by atoms with Crippen molar-refractivity contribution in [2.45, 2.75) is 290 Å². The maximum Gasteiger partial charge on any atom is 0.305 e. The molecular formula is C54H102O4. The Balaban J connectivity index is 4.33. The van der Waals surface area contributed by atoms with Gasteiger partial charge in [0.05, 0.1) is 6.61 Å². The molecule has 0 amide bonds. The second-order valence-electron chi connectivity index (χ2n) is 18.2. The van der Waals surface area contributed by atoms with Crippen molar-refractivity contribution < 1.29 is 19.4 Å². The molecule has 4 nitrogen and oxygen atoms in total. The first-order valence-electron chi connectivity index (χ1n) is 26.2. The van der Waals surface area contributed by atoms with Crippen molar-refractivity contribution in [2.75, 3.05) is 6.61 Å². The zero-order valence-electron chi connectivity index (χ0n) is 39.5. The van der Waals surface area contributed by atoms with Gasteiger partial charge in [-0.3, -0.25) is 9.59 Å². The Hall–Kier alpha value is -1.58. The molecule has 0 aliphatic carbocycles. The standard InChI is InChI=1S/C54H102O4/c1-4-7-10-13-16-17-18-19-20-21-22-23-24-28-36-43-50-58-54(57)49-42-35-27-26-32-39-46-51(44-37-30-15-12-9-6-3)52(45-38-31-25-14-11-8-5-2)47-40-33-29-34-41-48-53(55)56/h25,30-31,37,51-52H,4-24,26-29,32-36,38-50H2,1-3H3,(H,55,56)/b31-25-,37-30-. The van der Waals surface area contributed by atoms with Gasteiger partial charge in [-0.15, -0.1) is 0 Å². The van der Waals surface area contributed by atoms with E-state index in [0.29, 0.717) is 19.4 Å². The van der Waals surface area contributed by atoms with E-state index in [2.05, 4.69) is 45.1 Å². The molecule has 0 aromatic heterocycles. The van der Waals surface area contributed by atoms with E-state index in [4.69, 9.17) is 9.84 Å². The van der Waals surface area contributed by atoms with E-state index >= 15 is 0 Å². The molecule has 0 aromatic carbocycles. The molecular weight excluding hydrogens is 713 g/mol. The van der Waals surface area contributed by atoms with Crippen molar-refractivity contribution in [3.8, 4) is 0 Å². The highest BCUT2D eigenvalue weighted by molar-refractivity contribution is 5.69. The number of carboxylic acid groups (broad SMARTS) is 1. The average molecular weight is 815 g/mol. The Kier molecular flexibility index (Phi) is 46.8. The van der Waals surface area contributed by atoms with Crippen molar-refractivity contribution >= 4 is 11.9 Å². The number of carboxylic acids is 1. The van der Waals surface area contributed by atoms with Crippen LogP contribution in [0.15, 0.2) is 24.3 Å². The average Bonchev–Trinajstić information content (AvgIpc) is 3.21. The minimum absolute atomic E-state index is 0.00802. The lowest BCUT2D eigenvalue weighted by Gasteiger charge is -2.27. The first-order chi connectivity index (χ1) is 28.5. The number of allylic oxidation sites excluding steroid dienone is 4. The Morgan fingerprint density at radius 3 is 1.28 bits per heavy atom. The fraction of sp³-hybridized carbons (Fsp3) is 0.889. The number of hydrogen-bond donors (Lipinski definition) is 1. The number of hydrogen-bond acceptors (Lipinski definition) is 3. The SMILES string of the molecule is CCCCC/C=C\CCC(CCCCCCCC(=O)O)C(C/C=C\CCCCC)CCCCCCCCC(=O)OCCCCCCCCCCCCCCCCCC. The number of carbonyl (C=O) groups excluding carboxylic acids is 1. The lowest BCUT2D eigenvalue weighted by atomic mass is 9.79. The summed E-state index contributed by atoms with van der Waals surface area (Å²) in [7, 11) is 0. The number of aliphatic carboxylic acids is 1. The summed E-state index contributed by atoms with van der Waals surface area (Å²) in [4.78, 5) is 23.2. The molecule has 0 bridgehead atoms. The van der Waals surface area contributed by atoms with E-state index in [1.54, 1.807) is 0 Å². The van der Waals surface area contributed by atoms with Crippen LogP contribution in [0.2, 0.25) is 0 Å². The first kappa shape index (κ1) is 56.4. The number of esters is 1. The molecule has 0 spiro atoms. The quantitative estimate of drug-likeness (QED) is 0.0377. The molecule has 0 aliphatic rings. The second-order valence-corrected chi connectivity index (χ2v) is 18.2. The third-order valence-electron chi connectivity index (χ3n) is 12.5. The van der Waals surface area contributed by atoms with Crippen LogP contribution >= 0.6 is 0 Å². The lowest BCUT2D eigenvalue weighted by Crippen LogP contribution is -2.15. The molecule has 0 aliphatic heterocycles. The Bertz CT molecular complexity index is 893. The van der Waals surface area contributed by atoms with Gasteiger partial charge in [0, 0.05) is 12.8 Å². The lowest BCUT2D eigenvalue weighted by molar-refractivity contribution is -0.144. The molecule has 2 atom stereocenters. The van der Waals surface area contributed by atoms with Gasteiger partial charge in [-0.1, -0.05) is 231 Å². The van der Waals surface area contributed by atoms with Crippen LogP contribution in [0.3, 0.4) is 0 Å². The number of rotatable bonds is 48. The molecule has 1 N–H and O–H groups in total. The molecule has 58 heavy (non-hydrogen) atoms. The largest absolute Gasteiger partial charge is 0.481 e. The molecule has 4 heteroatoms. The highest BCUT2D eigenvalue weighted by Gasteiger charge is 2.20. The van der Waals surface area contributed by atoms with Gasteiger partial charge < -0.3 is 9.84 Å². The molecule has 0 fully saturated rings. The van der Waals surface area contributed by atoms with Crippen LogP contribution in [0.1, 0.15) is 290 Å². The number of carbonyl (C=O) groups is 2. The smallest absolute Gasteiger partial charge is 0.305 e. The van der Waals surface area contributed by atoms with Crippen LogP contribution in [0, 0.1) is 11.8 Å². The molecule has 0 radical (unpaired) electrons. The van der Waals surface area contributed by atoms with Crippen LogP contribution in [0.25, 0.3) is 0 Å². The molecule has 0 aromatic rings. The van der Waals surface area contributed by atoms with Gasteiger partial charge in [-0.25, -0.2) is 0 Å². The van der Waals surface area contributed by atoms with Gasteiger partial charge >= 0.3 is 11.9 Å². The maximum atomic E-state index is 12.3. The summed E-state index contributed by atoms with van der Waals surface area (Å²) in [6.45, 7) is 7.46. The molecule has 0 heterocycles. The summed E-state index contributed by atoms with van der Waals surface area (Å²) in [6, 6.07) is 0.